The summed E-state index contributed by atoms with van der Waals surface area (Å²) in [6.45, 7) is 7.56. The van der Waals surface area contributed by atoms with Gasteiger partial charge in [-0.05, 0) is 36.7 Å². The van der Waals surface area contributed by atoms with Gasteiger partial charge in [-0.2, -0.15) is 0 Å². The average molecular weight is 266 g/mol. The minimum absolute atomic E-state index is 0.131. The van der Waals surface area contributed by atoms with Crippen molar-refractivity contribution >= 4 is 5.78 Å². The van der Waals surface area contributed by atoms with Crippen LogP contribution in [0.1, 0.15) is 40.5 Å². The smallest absolute Gasteiger partial charge is 0.229 e. The van der Waals surface area contributed by atoms with Crippen LogP contribution in [0.3, 0.4) is 0 Å². The van der Waals surface area contributed by atoms with Crippen LogP contribution in [-0.4, -0.2) is 32.8 Å². The number of hydrogen-bond donors (Lipinski definition) is 3. The summed E-state index contributed by atoms with van der Waals surface area (Å²) in [5, 5.41) is 31.4. The lowest BCUT2D eigenvalue weighted by atomic mass is 9.66. The highest BCUT2D eigenvalue weighted by atomic mass is 16.3. The highest BCUT2D eigenvalue weighted by molar-refractivity contribution is 6.05. The first-order chi connectivity index (χ1) is 8.57. The molecule has 4 nitrogen and oxygen atoms in total. The molecule has 5 atom stereocenters. The van der Waals surface area contributed by atoms with Gasteiger partial charge >= 0.3 is 0 Å². The molecule has 0 aromatic rings. The molecule has 0 saturated heterocycles. The Labute approximate surface area is 113 Å². The molecule has 0 unspecified atom stereocenters. The molecular formula is C15H22O4. The number of hydrogen-bond acceptors (Lipinski definition) is 4. The molecule has 4 heteroatoms. The van der Waals surface area contributed by atoms with Crippen molar-refractivity contribution in [3.8, 4) is 0 Å². The molecule has 3 aliphatic rings. The van der Waals surface area contributed by atoms with Gasteiger partial charge in [0.05, 0.1) is 6.10 Å². The first kappa shape index (κ1) is 13.1. The summed E-state index contributed by atoms with van der Waals surface area (Å²) >= 11 is 0. The van der Waals surface area contributed by atoms with Gasteiger partial charge in [-0.1, -0.05) is 20.8 Å². The molecule has 2 fully saturated rings. The van der Waals surface area contributed by atoms with Gasteiger partial charge in [0.25, 0.3) is 0 Å². The number of rotatable bonds is 0. The van der Waals surface area contributed by atoms with E-state index in [1.807, 2.05) is 20.8 Å². The van der Waals surface area contributed by atoms with Crippen molar-refractivity contribution in [3.63, 3.8) is 0 Å². The third-order valence-corrected chi connectivity index (χ3v) is 6.25. The lowest BCUT2D eigenvalue weighted by Crippen LogP contribution is -2.50. The summed E-state index contributed by atoms with van der Waals surface area (Å²) in [5.41, 5.74) is -2.05. The van der Waals surface area contributed by atoms with E-state index in [1.165, 1.54) is 0 Å². The molecule has 0 bridgehead atoms. The van der Waals surface area contributed by atoms with E-state index < -0.39 is 22.9 Å². The quantitative estimate of drug-likeness (QED) is 0.622. The van der Waals surface area contributed by atoms with Crippen LogP contribution in [0.5, 0.6) is 0 Å². The lowest BCUT2D eigenvalue weighted by molar-refractivity contribution is -0.144. The van der Waals surface area contributed by atoms with Crippen LogP contribution in [0.15, 0.2) is 11.3 Å². The zero-order chi connectivity index (χ0) is 14.4. The van der Waals surface area contributed by atoms with Crippen LogP contribution in [0.2, 0.25) is 0 Å². The van der Waals surface area contributed by atoms with E-state index in [0.717, 1.165) is 6.42 Å². The zero-order valence-corrected chi connectivity index (χ0v) is 11.9. The minimum Gasteiger partial charge on any atom is -0.504 e. The maximum atomic E-state index is 12.2. The van der Waals surface area contributed by atoms with Crippen LogP contribution in [0.4, 0.5) is 0 Å². The number of aliphatic hydroxyl groups is 3. The van der Waals surface area contributed by atoms with Crippen molar-refractivity contribution in [2.45, 2.75) is 52.2 Å². The zero-order valence-electron chi connectivity index (χ0n) is 11.9. The molecule has 0 spiro atoms. The molecule has 0 aliphatic heterocycles. The van der Waals surface area contributed by atoms with Gasteiger partial charge in [0, 0.05) is 11.3 Å². The molecule has 0 heterocycles. The molecule has 0 aromatic carbocycles. The molecule has 0 radical (unpaired) electrons. The second kappa shape index (κ2) is 3.23. The Morgan fingerprint density at radius 2 is 1.79 bits per heavy atom. The van der Waals surface area contributed by atoms with E-state index in [2.05, 4.69) is 0 Å². The SMILES string of the molecule is CC1=C(O)C(=O)[C@]2(O)C[C@H]3CC(C)(C)[C@H](O)[C@H]3[C@]12C. The third kappa shape index (κ3) is 1.16. The summed E-state index contributed by atoms with van der Waals surface area (Å²) in [6, 6.07) is 0. The fourth-order valence-electron chi connectivity index (χ4n) is 5.02. The topological polar surface area (TPSA) is 77.8 Å². The van der Waals surface area contributed by atoms with Gasteiger partial charge in [-0.25, -0.2) is 0 Å². The van der Waals surface area contributed by atoms with E-state index in [0.29, 0.717) is 12.0 Å². The summed E-state index contributed by atoms with van der Waals surface area (Å²) in [5.74, 6) is -0.902. The Morgan fingerprint density at radius 1 is 1.21 bits per heavy atom. The van der Waals surface area contributed by atoms with Crippen LogP contribution in [0.25, 0.3) is 0 Å². The first-order valence-electron chi connectivity index (χ1n) is 6.93. The van der Waals surface area contributed by atoms with Crippen molar-refractivity contribution < 1.29 is 20.1 Å². The van der Waals surface area contributed by atoms with Gasteiger partial charge in [-0.3, -0.25) is 4.79 Å². The summed E-state index contributed by atoms with van der Waals surface area (Å²) in [4.78, 5) is 12.2. The van der Waals surface area contributed by atoms with Crippen LogP contribution < -0.4 is 0 Å². The van der Waals surface area contributed by atoms with E-state index in [-0.39, 0.29) is 23.0 Å². The van der Waals surface area contributed by atoms with Gasteiger partial charge in [-0.15, -0.1) is 0 Å². The fraction of sp³-hybridized carbons (Fsp3) is 0.800. The van der Waals surface area contributed by atoms with E-state index in [9.17, 15) is 20.1 Å². The molecule has 0 amide bonds. The highest BCUT2D eigenvalue weighted by Crippen LogP contribution is 2.68. The van der Waals surface area contributed by atoms with E-state index in [1.54, 1.807) is 6.92 Å². The van der Waals surface area contributed by atoms with Crippen LogP contribution >= 0.6 is 0 Å². The number of ketones is 1. The first-order valence-corrected chi connectivity index (χ1v) is 6.93. The second-order valence-corrected chi connectivity index (χ2v) is 7.49. The Balaban J connectivity index is 2.16. The fourth-order valence-corrected chi connectivity index (χ4v) is 5.02. The Kier molecular flexibility index (Phi) is 2.23. The molecule has 106 valence electrons. The van der Waals surface area contributed by atoms with Crippen molar-refractivity contribution in [2.75, 3.05) is 0 Å². The Hall–Kier alpha value is -0.870. The van der Waals surface area contributed by atoms with Crippen LogP contribution in [0, 0.1) is 22.7 Å². The standard InChI is InChI=1S/C15H22O4/c1-7-10(16)12(18)15(19)6-8-5-13(2,3)11(17)9(8)14(7,15)4/h8-9,11,16-17,19H,5-6H2,1-4H3/t8-,9+,11-,14+,15-/m1/s1. The van der Waals surface area contributed by atoms with Crippen molar-refractivity contribution in [1.82, 2.24) is 0 Å². The third-order valence-electron chi connectivity index (χ3n) is 6.25. The van der Waals surface area contributed by atoms with Crippen molar-refractivity contribution in [3.05, 3.63) is 11.3 Å². The van der Waals surface area contributed by atoms with Crippen molar-refractivity contribution in [2.24, 2.45) is 22.7 Å². The number of fused-ring (bicyclic) bond motifs is 3. The predicted molar refractivity (Wildman–Crippen MR) is 69.4 cm³/mol. The summed E-state index contributed by atoms with van der Waals surface area (Å²) in [6.07, 6.45) is 0.581. The van der Waals surface area contributed by atoms with E-state index in [4.69, 9.17) is 0 Å². The molecule has 3 N–H and O–H groups in total. The Morgan fingerprint density at radius 3 is 2.37 bits per heavy atom. The monoisotopic (exact) mass is 266 g/mol. The molecule has 0 aromatic heterocycles. The van der Waals surface area contributed by atoms with E-state index >= 15 is 0 Å². The number of aliphatic hydroxyl groups excluding tert-OH is 2. The molecule has 3 aliphatic carbocycles. The van der Waals surface area contributed by atoms with Gasteiger partial charge in [0.1, 0.15) is 5.60 Å². The second-order valence-electron chi connectivity index (χ2n) is 7.49. The average Bonchev–Trinajstić information content (AvgIpc) is 2.72. The molecule has 2 saturated carbocycles. The largest absolute Gasteiger partial charge is 0.504 e. The van der Waals surface area contributed by atoms with Gasteiger partial charge in [0.2, 0.25) is 5.78 Å². The predicted octanol–water partition coefficient (Wildman–Crippen LogP) is 1.57. The Bertz CT molecular complexity index is 506. The minimum atomic E-state index is -1.53. The molecule has 3 rings (SSSR count). The number of carbonyl (C=O) groups is 1. The normalized spacial score (nSPS) is 51.7. The lowest BCUT2D eigenvalue weighted by Gasteiger charge is -2.40. The maximum absolute atomic E-state index is 12.2. The van der Waals surface area contributed by atoms with Gasteiger partial charge in [0.15, 0.2) is 5.76 Å². The van der Waals surface area contributed by atoms with Crippen LogP contribution in [-0.2, 0) is 4.79 Å². The highest BCUT2D eigenvalue weighted by Gasteiger charge is 2.74. The van der Waals surface area contributed by atoms with Gasteiger partial charge < -0.3 is 15.3 Å². The number of carbonyl (C=O) groups excluding carboxylic acids is 1. The maximum Gasteiger partial charge on any atom is 0.229 e. The molecular weight excluding hydrogens is 244 g/mol. The summed E-state index contributed by atoms with van der Waals surface area (Å²) < 4.78 is 0. The number of Topliss-reactive ketones (excluding diaryl/α,β-unsaturated/α-hetero) is 1. The van der Waals surface area contributed by atoms with Crippen molar-refractivity contribution in [1.29, 1.82) is 0 Å². The summed E-state index contributed by atoms with van der Waals surface area (Å²) in [7, 11) is 0. The molecule has 19 heavy (non-hydrogen) atoms.